The van der Waals surface area contributed by atoms with Crippen molar-refractivity contribution in [1.82, 2.24) is 0 Å². The molecule has 0 aromatic rings. The van der Waals surface area contributed by atoms with E-state index in [9.17, 15) is 18.0 Å². The van der Waals surface area contributed by atoms with Gasteiger partial charge in [-0.15, -0.1) is 0 Å². The van der Waals surface area contributed by atoms with Crippen molar-refractivity contribution >= 4 is 23.2 Å². The highest BCUT2D eigenvalue weighted by Gasteiger charge is 2.41. The smallest absolute Gasteiger partial charge is 0.413 e. The Kier molecular flexibility index (Phi) is 5.52. The van der Waals surface area contributed by atoms with Crippen molar-refractivity contribution in [3.05, 3.63) is 0 Å². The molecule has 0 aromatic heterocycles. The average Bonchev–Trinajstić information content (AvgIpc) is 2.26. The first-order valence-electron chi connectivity index (χ1n) is 5.88. The maximum absolute atomic E-state index is 11.9. The summed E-state index contributed by atoms with van der Waals surface area (Å²) < 4.78 is 39.8. The predicted molar refractivity (Wildman–Crippen MR) is 63.9 cm³/mol. The molecule has 0 aromatic carbocycles. The molecule has 0 spiro atoms. The van der Waals surface area contributed by atoms with Crippen molar-refractivity contribution in [2.24, 2.45) is 11.7 Å². The SMILES string of the molecule is NC1CCCCC1CCC(=S)OC(=O)C(F)(F)F. The summed E-state index contributed by atoms with van der Waals surface area (Å²) in [4.78, 5) is 10.5. The Morgan fingerprint density at radius 3 is 2.50 bits per heavy atom. The number of nitrogens with two attached hydrogens (primary N) is 1. The van der Waals surface area contributed by atoms with E-state index in [1.807, 2.05) is 0 Å². The molecule has 2 N–H and O–H groups in total. The van der Waals surface area contributed by atoms with Crippen LogP contribution in [0.5, 0.6) is 0 Å². The van der Waals surface area contributed by atoms with E-state index in [-0.39, 0.29) is 23.4 Å². The van der Waals surface area contributed by atoms with Gasteiger partial charge in [0.15, 0.2) is 5.05 Å². The summed E-state index contributed by atoms with van der Waals surface area (Å²) in [6.07, 6.45) is -0.207. The highest BCUT2D eigenvalue weighted by Crippen LogP contribution is 2.27. The molecule has 18 heavy (non-hydrogen) atoms. The van der Waals surface area contributed by atoms with E-state index in [0.29, 0.717) is 6.42 Å². The highest BCUT2D eigenvalue weighted by atomic mass is 32.1. The second-order valence-electron chi connectivity index (χ2n) is 4.51. The van der Waals surface area contributed by atoms with Gasteiger partial charge in [-0.25, -0.2) is 4.79 Å². The molecule has 7 heteroatoms. The third-order valence-electron chi connectivity index (χ3n) is 3.13. The molecule has 0 bridgehead atoms. The molecule has 2 unspecified atom stereocenters. The fourth-order valence-corrected chi connectivity index (χ4v) is 2.30. The zero-order valence-corrected chi connectivity index (χ0v) is 10.6. The minimum absolute atomic E-state index is 0.0693. The molecule has 1 aliphatic carbocycles. The van der Waals surface area contributed by atoms with Crippen molar-refractivity contribution < 1.29 is 22.7 Å². The number of rotatable bonds is 3. The molecule has 1 rings (SSSR count). The van der Waals surface area contributed by atoms with Gasteiger partial charge in [0.25, 0.3) is 0 Å². The summed E-state index contributed by atoms with van der Waals surface area (Å²) >= 11 is 4.62. The molecular formula is C11H16F3NO2S. The van der Waals surface area contributed by atoms with Crippen molar-refractivity contribution in [1.29, 1.82) is 0 Å². The van der Waals surface area contributed by atoms with Crippen LogP contribution in [0.15, 0.2) is 0 Å². The molecule has 1 saturated carbocycles. The second kappa shape index (κ2) is 6.47. The first-order chi connectivity index (χ1) is 8.30. The lowest BCUT2D eigenvalue weighted by Gasteiger charge is -2.28. The van der Waals surface area contributed by atoms with Crippen LogP contribution in [0.2, 0.25) is 0 Å². The van der Waals surface area contributed by atoms with Gasteiger partial charge >= 0.3 is 12.1 Å². The second-order valence-corrected chi connectivity index (χ2v) is 4.96. The molecule has 3 nitrogen and oxygen atoms in total. The number of ether oxygens (including phenoxy) is 1. The lowest BCUT2D eigenvalue weighted by molar-refractivity contribution is -0.191. The van der Waals surface area contributed by atoms with Crippen LogP contribution < -0.4 is 5.73 Å². The molecule has 0 saturated heterocycles. The Morgan fingerprint density at radius 1 is 1.33 bits per heavy atom. The third kappa shape index (κ3) is 4.89. The Balaban J connectivity index is 2.30. The van der Waals surface area contributed by atoms with Crippen molar-refractivity contribution in [3.8, 4) is 0 Å². The van der Waals surface area contributed by atoms with Crippen molar-refractivity contribution in [2.45, 2.75) is 50.7 Å². The number of esters is 1. The minimum atomic E-state index is -4.99. The summed E-state index contributed by atoms with van der Waals surface area (Å²) in [5.74, 6) is -2.00. The van der Waals surface area contributed by atoms with Crippen LogP contribution in [-0.2, 0) is 9.53 Å². The monoisotopic (exact) mass is 283 g/mol. The fourth-order valence-electron chi connectivity index (χ4n) is 2.11. The van der Waals surface area contributed by atoms with Gasteiger partial charge in [0, 0.05) is 12.5 Å². The summed E-state index contributed by atoms with van der Waals surface area (Å²) in [5, 5.41) is -0.310. The summed E-state index contributed by atoms with van der Waals surface area (Å²) in [7, 11) is 0. The molecule has 0 amide bonds. The molecule has 0 radical (unpaired) electrons. The van der Waals surface area contributed by atoms with Crippen molar-refractivity contribution in [3.63, 3.8) is 0 Å². The van der Waals surface area contributed by atoms with Gasteiger partial charge in [0.2, 0.25) is 0 Å². The van der Waals surface area contributed by atoms with Gasteiger partial charge in [-0.3, -0.25) is 0 Å². The van der Waals surface area contributed by atoms with E-state index in [1.54, 1.807) is 0 Å². The minimum Gasteiger partial charge on any atom is -0.413 e. The van der Waals surface area contributed by atoms with Gasteiger partial charge in [-0.2, -0.15) is 13.2 Å². The molecule has 0 aliphatic heterocycles. The van der Waals surface area contributed by atoms with Crippen LogP contribution in [0.3, 0.4) is 0 Å². The number of halogens is 3. The molecule has 1 aliphatic rings. The summed E-state index contributed by atoms with van der Waals surface area (Å²) in [6.45, 7) is 0. The van der Waals surface area contributed by atoms with E-state index >= 15 is 0 Å². The molecule has 104 valence electrons. The number of hydrogen-bond donors (Lipinski definition) is 1. The first kappa shape index (κ1) is 15.4. The number of carbonyl (C=O) groups excluding carboxylic acids is 1. The zero-order valence-electron chi connectivity index (χ0n) is 9.83. The van der Waals surface area contributed by atoms with Crippen LogP contribution in [0, 0.1) is 5.92 Å². The van der Waals surface area contributed by atoms with Crippen LogP contribution in [0.4, 0.5) is 13.2 Å². The topological polar surface area (TPSA) is 52.3 Å². The highest BCUT2D eigenvalue weighted by molar-refractivity contribution is 7.80. The maximum Gasteiger partial charge on any atom is 0.491 e. The zero-order chi connectivity index (χ0) is 13.8. The maximum atomic E-state index is 11.9. The normalized spacial score (nSPS) is 24.7. The molecule has 1 fully saturated rings. The lowest BCUT2D eigenvalue weighted by Crippen LogP contribution is -2.33. The average molecular weight is 283 g/mol. The third-order valence-corrected chi connectivity index (χ3v) is 3.41. The van der Waals surface area contributed by atoms with Crippen LogP contribution in [0.25, 0.3) is 0 Å². The van der Waals surface area contributed by atoms with Crippen LogP contribution >= 0.6 is 12.2 Å². The van der Waals surface area contributed by atoms with Gasteiger partial charge < -0.3 is 10.5 Å². The predicted octanol–water partition coefficient (Wildman–Crippen LogP) is 2.72. The largest absolute Gasteiger partial charge is 0.491 e. The molecular weight excluding hydrogens is 267 g/mol. The Morgan fingerprint density at radius 2 is 1.94 bits per heavy atom. The van der Waals surface area contributed by atoms with E-state index < -0.39 is 12.1 Å². The van der Waals surface area contributed by atoms with Crippen LogP contribution in [-0.4, -0.2) is 23.2 Å². The number of alkyl halides is 3. The molecule has 2 atom stereocenters. The summed E-state index contributed by atoms with van der Waals surface area (Å²) in [5.41, 5.74) is 5.90. The first-order valence-corrected chi connectivity index (χ1v) is 6.29. The van der Waals surface area contributed by atoms with Gasteiger partial charge in [0.1, 0.15) is 0 Å². The molecule has 0 heterocycles. The van der Waals surface area contributed by atoms with E-state index in [2.05, 4.69) is 17.0 Å². The van der Waals surface area contributed by atoms with Crippen LogP contribution in [0.1, 0.15) is 38.5 Å². The van der Waals surface area contributed by atoms with Gasteiger partial charge in [-0.05, 0) is 37.4 Å². The summed E-state index contributed by atoms with van der Waals surface area (Å²) in [6, 6.07) is 0.0693. The quantitative estimate of drug-likeness (QED) is 0.639. The van der Waals surface area contributed by atoms with Gasteiger partial charge in [0.05, 0.1) is 0 Å². The van der Waals surface area contributed by atoms with E-state index in [1.165, 1.54) is 0 Å². The standard InChI is InChI=1S/C11H16F3NO2S/c12-11(13,14)10(16)17-9(18)6-5-7-3-1-2-4-8(7)15/h7-8H,1-6,15H2. The van der Waals surface area contributed by atoms with Crippen molar-refractivity contribution in [2.75, 3.05) is 0 Å². The van der Waals surface area contributed by atoms with E-state index in [0.717, 1.165) is 25.7 Å². The Labute approximate surface area is 109 Å². The fraction of sp³-hybridized carbons (Fsp3) is 0.818. The number of carbonyl (C=O) groups is 1. The lowest BCUT2D eigenvalue weighted by atomic mass is 9.82. The van der Waals surface area contributed by atoms with Gasteiger partial charge in [-0.1, -0.05) is 12.8 Å². The number of hydrogen-bond acceptors (Lipinski definition) is 4. The Hall–Kier alpha value is -0.690. The van der Waals surface area contributed by atoms with E-state index in [4.69, 9.17) is 5.73 Å². The Bertz CT molecular complexity index is 320. The number of thiocarbonyl (C=S) groups is 1.